The Morgan fingerprint density at radius 3 is 2.68 bits per heavy atom. The van der Waals surface area contributed by atoms with Crippen molar-refractivity contribution in [1.82, 2.24) is 4.90 Å². The van der Waals surface area contributed by atoms with E-state index < -0.39 is 10.8 Å². The molecule has 114 valence electrons. The van der Waals surface area contributed by atoms with Crippen molar-refractivity contribution in [3.63, 3.8) is 0 Å². The summed E-state index contributed by atoms with van der Waals surface area (Å²) < 4.78 is 0. The highest BCUT2D eigenvalue weighted by molar-refractivity contribution is 6.31. The van der Waals surface area contributed by atoms with Crippen LogP contribution in [-0.4, -0.2) is 27.9 Å². The molecule has 0 aliphatic heterocycles. The van der Waals surface area contributed by atoms with E-state index in [0.29, 0.717) is 10.6 Å². The molecular formula is C15H13ClN2O4. The Balaban J connectivity index is 2.26. The number of carbonyl (C=O) groups excluding carboxylic acids is 1. The van der Waals surface area contributed by atoms with Crippen LogP contribution in [0.4, 0.5) is 5.69 Å². The summed E-state index contributed by atoms with van der Waals surface area (Å²) in [6.45, 7) is 0.0436. The number of amides is 1. The van der Waals surface area contributed by atoms with Crippen LogP contribution in [0, 0.1) is 10.1 Å². The molecule has 0 aliphatic rings. The number of benzene rings is 2. The van der Waals surface area contributed by atoms with Gasteiger partial charge in [0.2, 0.25) is 0 Å². The van der Waals surface area contributed by atoms with Gasteiger partial charge in [0, 0.05) is 23.7 Å². The minimum atomic E-state index is -0.496. The van der Waals surface area contributed by atoms with Gasteiger partial charge >= 0.3 is 0 Å². The van der Waals surface area contributed by atoms with Gasteiger partial charge in [0.05, 0.1) is 17.0 Å². The SMILES string of the molecule is CN(Cc1ccccc1[N+](=O)[O-])C(=O)c1cc(Cl)ccc1O. The number of carbonyl (C=O) groups is 1. The summed E-state index contributed by atoms with van der Waals surface area (Å²) in [7, 11) is 1.50. The second-order valence-corrected chi connectivity index (χ2v) is 5.14. The number of nitro groups is 1. The molecule has 0 radical (unpaired) electrons. The van der Waals surface area contributed by atoms with Gasteiger partial charge in [-0.3, -0.25) is 14.9 Å². The number of halogens is 1. The number of aromatic hydroxyl groups is 1. The Morgan fingerprint density at radius 1 is 1.32 bits per heavy atom. The minimum absolute atomic E-state index is 0.0436. The molecule has 0 atom stereocenters. The van der Waals surface area contributed by atoms with E-state index in [9.17, 15) is 20.0 Å². The zero-order chi connectivity index (χ0) is 16.3. The highest BCUT2D eigenvalue weighted by Gasteiger charge is 2.20. The lowest BCUT2D eigenvalue weighted by atomic mass is 10.1. The lowest BCUT2D eigenvalue weighted by Crippen LogP contribution is -2.26. The van der Waals surface area contributed by atoms with Gasteiger partial charge in [-0.05, 0) is 18.2 Å². The number of para-hydroxylation sites is 1. The van der Waals surface area contributed by atoms with E-state index >= 15 is 0 Å². The Bertz CT molecular complexity index is 733. The van der Waals surface area contributed by atoms with Crippen molar-refractivity contribution in [3.8, 4) is 5.75 Å². The molecule has 0 aromatic heterocycles. The molecule has 0 aliphatic carbocycles. The van der Waals surface area contributed by atoms with Crippen LogP contribution in [0.25, 0.3) is 0 Å². The molecule has 7 heteroatoms. The van der Waals surface area contributed by atoms with Crippen LogP contribution < -0.4 is 0 Å². The maximum atomic E-state index is 12.3. The van der Waals surface area contributed by atoms with Gasteiger partial charge in [-0.1, -0.05) is 29.8 Å². The van der Waals surface area contributed by atoms with Crippen LogP contribution in [0.15, 0.2) is 42.5 Å². The van der Waals surface area contributed by atoms with Gasteiger partial charge in [-0.25, -0.2) is 0 Å². The van der Waals surface area contributed by atoms with E-state index in [1.54, 1.807) is 18.2 Å². The van der Waals surface area contributed by atoms with Gasteiger partial charge in [0.1, 0.15) is 5.75 Å². The maximum Gasteiger partial charge on any atom is 0.274 e. The summed E-state index contributed by atoms with van der Waals surface area (Å²) in [6.07, 6.45) is 0. The summed E-state index contributed by atoms with van der Waals surface area (Å²) in [5, 5.41) is 21.1. The highest BCUT2D eigenvalue weighted by atomic mass is 35.5. The van der Waals surface area contributed by atoms with Gasteiger partial charge in [-0.2, -0.15) is 0 Å². The smallest absolute Gasteiger partial charge is 0.274 e. The Labute approximate surface area is 131 Å². The third-order valence-electron chi connectivity index (χ3n) is 3.13. The van der Waals surface area contributed by atoms with E-state index in [4.69, 9.17) is 11.6 Å². The minimum Gasteiger partial charge on any atom is -0.507 e. The summed E-state index contributed by atoms with van der Waals surface area (Å²) >= 11 is 5.82. The van der Waals surface area contributed by atoms with Crippen molar-refractivity contribution in [2.24, 2.45) is 0 Å². The fourth-order valence-corrected chi connectivity index (χ4v) is 2.21. The van der Waals surface area contributed by atoms with Gasteiger partial charge in [0.25, 0.3) is 11.6 Å². The largest absolute Gasteiger partial charge is 0.507 e. The molecule has 0 fully saturated rings. The van der Waals surface area contributed by atoms with E-state index in [1.165, 1.54) is 36.2 Å². The van der Waals surface area contributed by atoms with Crippen LogP contribution in [0.2, 0.25) is 5.02 Å². The topological polar surface area (TPSA) is 83.7 Å². The number of nitro benzene ring substituents is 1. The van der Waals surface area contributed by atoms with E-state index in [1.807, 2.05) is 0 Å². The molecule has 1 N–H and O–H groups in total. The fourth-order valence-electron chi connectivity index (χ4n) is 2.04. The first-order valence-corrected chi connectivity index (χ1v) is 6.74. The first-order chi connectivity index (χ1) is 10.4. The lowest BCUT2D eigenvalue weighted by molar-refractivity contribution is -0.385. The van der Waals surface area contributed by atoms with E-state index in [-0.39, 0.29) is 23.5 Å². The summed E-state index contributed by atoms with van der Waals surface area (Å²) in [6, 6.07) is 10.3. The van der Waals surface area contributed by atoms with Crippen LogP contribution in [0.5, 0.6) is 5.75 Å². The molecule has 0 saturated carbocycles. The molecule has 2 rings (SSSR count). The number of rotatable bonds is 4. The zero-order valence-corrected chi connectivity index (χ0v) is 12.4. The normalized spacial score (nSPS) is 10.3. The molecule has 0 spiro atoms. The molecule has 2 aromatic rings. The van der Waals surface area contributed by atoms with Crippen molar-refractivity contribution in [2.45, 2.75) is 6.54 Å². The predicted octanol–water partition coefficient (Wildman–Crippen LogP) is 3.23. The quantitative estimate of drug-likeness (QED) is 0.692. The number of hydrogen-bond acceptors (Lipinski definition) is 4. The Morgan fingerprint density at radius 2 is 2.00 bits per heavy atom. The monoisotopic (exact) mass is 320 g/mol. The summed E-state index contributed by atoms with van der Waals surface area (Å²) in [5.74, 6) is -0.665. The second kappa shape index (κ2) is 6.44. The average Bonchev–Trinajstić information content (AvgIpc) is 2.49. The third kappa shape index (κ3) is 3.35. The molecule has 2 aromatic carbocycles. The Hall–Kier alpha value is -2.60. The molecular weight excluding hydrogens is 308 g/mol. The van der Waals surface area contributed by atoms with Crippen LogP contribution in [0.3, 0.4) is 0 Å². The van der Waals surface area contributed by atoms with Gasteiger partial charge in [-0.15, -0.1) is 0 Å². The van der Waals surface area contributed by atoms with Crippen LogP contribution in [0.1, 0.15) is 15.9 Å². The number of phenolic OH excluding ortho intramolecular Hbond substituents is 1. The van der Waals surface area contributed by atoms with Crippen LogP contribution in [-0.2, 0) is 6.54 Å². The molecule has 1 amide bonds. The first-order valence-electron chi connectivity index (χ1n) is 6.36. The van der Waals surface area contributed by atoms with Crippen molar-refractivity contribution >= 4 is 23.2 Å². The fraction of sp³-hybridized carbons (Fsp3) is 0.133. The predicted molar refractivity (Wildman–Crippen MR) is 82.0 cm³/mol. The molecule has 0 heterocycles. The standard InChI is InChI=1S/C15H13ClN2O4/c1-17(9-10-4-2-3-5-13(10)18(21)22)15(20)12-8-11(16)6-7-14(12)19/h2-8,19H,9H2,1H3. The van der Waals surface area contributed by atoms with E-state index in [2.05, 4.69) is 0 Å². The Kier molecular flexibility index (Phi) is 4.62. The molecule has 6 nitrogen and oxygen atoms in total. The second-order valence-electron chi connectivity index (χ2n) is 4.71. The van der Waals surface area contributed by atoms with Crippen molar-refractivity contribution in [3.05, 3.63) is 68.7 Å². The number of phenols is 1. The third-order valence-corrected chi connectivity index (χ3v) is 3.37. The summed E-state index contributed by atoms with van der Waals surface area (Å²) in [5.41, 5.74) is 0.399. The maximum absolute atomic E-state index is 12.3. The summed E-state index contributed by atoms with van der Waals surface area (Å²) in [4.78, 5) is 24.1. The lowest BCUT2D eigenvalue weighted by Gasteiger charge is -2.18. The molecule has 0 saturated heterocycles. The van der Waals surface area contributed by atoms with E-state index in [0.717, 1.165) is 0 Å². The average molecular weight is 321 g/mol. The van der Waals surface area contributed by atoms with Crippen molar-refractivity contribution in [1.29, 1.82) is 0 Å². The molecule has 22 heavy (non-hydrogen) atoms. The first kappa shape index (κ1) is 15.8. The number of nitrogens with zero attached hydrogens (tertiary/aromatic N) is 2. The highest BCUT2D eigenvalue weighted by Crippen LogP contribution is 2.24. The van der Waals surface area contributed by atoms with Crippen molar-refractivity contribution in [2.75, 3.05) is 7.05 Å². The van der Waals surface area contributed by atoms with Gasteiger partial charge < -0.3 is 10.0 Å². The molecule has 0 unspecified atom stereocenters. The number of hydrogen-bond donors (Lipinski definition) is 1. The molecule has 0 bridgehead atoms. The zero-order valence-electron chi connectivity index (χ0n) is 11.7. The van der Waals surface area contributed by atoms with Gasteiger partial charge in [0.15, 0.2) is 0 Å². The van der Waals surface area contributed by atoms with Crippen molar-refractivity contribution < 1.29 is 14.8 Å². The van der Waals surface area contributed by atoms with Crippen LogP contribution >= 0.6 is 11.6 Å².